The topological polar surface area (TPSA) is 60.2 Å². The van der Waals surface area contributed by atoms with Gasteiger partial charge in [-0.25, -0.2) is 8.78 Å². The molecule has 0 saturated carbocycles. The smallest absolute Gasteiger partial charge is 0.229 e. The van der Waals surface area contributed by atoms with Gasteiger partial charge in [-0.3, -0.25) is 10.1 Å². The fraction of sp³-hybridized carbons (Fsp3) is 0.417. The molecule has 7 heteroatoms. The summed E-state index contributed by atoms with van der Waals surface area (Å²) in [6, 6.07) is 1.85. The molecule has 0 bridgehead atoms. The Morgan fingerprint density at radius 2 is 2.16 bits per heavy atom. The van der Waals surface area contributed by atoms with Crippen LogP contribution in [0.1, 0.15) is 17.2 Å². The van der Waals surface area contributed by atoms with Gasteiger partial charge in [0.15, 0.2) is 0 Å². The van der Waals surface area contributed by atoms with Gasteiger partial charge in [0.1, 0.15) is 23.2 Å². The molecule has 0 radical (unpaired) electrons. The molecule has 0 aromatic heterocycles. The summed E-state index contributed by atoms with van der Waals surface area (Å²) in [5, 5.41) is 10.3. The molecule has 1 aliphatic rings. The van der Waals surface area contributed by atoms with E-state index < -0.39 is 33.8 Å². The molecule has 4 nitrogen and oxygen atoms in total. The van der Waals surface area contributed by atoms with E-state index >= 15 is 0 Å². The molecule has 1 unspecified atom stereocenters. The van der Waals surface area contributed by atoms with Crippen LogP contribution >= 0.6 is 11.8 Å². The molecule has 0 spiro atoms. The number of nitrogens with zero attached hydrogens (tertiary/aromatic N) is 1. The van der Waals surface area contributed by atoms with Crippen molar-refractivity contribution in [2.45, 2.75) is 17.7 Å². The number of carbonyl (C=O) groups is 1. The molecule has 2 rings (SSSR count). The Morgan fingerprint density at radius 3 is 2.79 bits per heavy atom. The van der Waals surface area contributed by atoms with Crippen LogP contribution in [0.25, 0.3) is 0 Å². The monoisotopic (exact) mass is 287 g/mol. The van der Waals surface area contributed by atoms with Gasteiger partial charge in [-0.05, 0) is 18.2 Å². The Bertz CT molecular complexity index is 512. The number of nitro groups is 1. The van der Waals surface area contributed by atoms with E-state index in [0.717, 1.165) is 30.0 Å². The highest BCUT2D eigenvalue weighted by atomic mass is 32.2. The van der Waals surface area contributed by atoms with Gasteiger partial charge >= 0.3 is 0 Å². The first kappa shape index (κ1) is 13.9. The van der Waals surface area contributed by atoms with Crippen LogP contribution in [0.15, 0.2) is 18.2 Å². The number of thioether (sulfide) groups is 1. The summed E-state index contributed by atoms with van der Waals surface area (Å²) in [4.78, 5) is 21.3. The highest BCUT2D eigenvalue weighted by Crippen LogP contribution is 2.42. The molecule has 0 aliphatic carbocycles. The zero-order chi connectivity index (χ0) is 14.0. The zero-order valence-electron chi connectivity index (χ0n) is 9.79. The van der Waals surface area contributed by atoms with E-state index in [2.05, 4.69) is 0 Å². The second kappa shape index (κ2) is 5.64. The summed E-state index contributed by atoms with van der Waals surface area (Å²) >= 11 is 1.13. The lowest BCUT2D eigenvalue weighted by Crippen LogP contribution is -2.34. The molecular formula is C12H11F2NO3S. The van der Waals surface area contributed by atoms with E-state index in [1.165, 1.54) is 0 Å². The molecule has 102 valence electrons. The number of rotatable bonds is 3. The minimum Gasteiger partial charge on any atom is -0.303 e. The fourth-order valence-corrected chi connectivity index (χ4v) is 3.62. The first-order valence-electron chi connectivity index (χ1n) is 5.68. The van der Waals surface area contributed by atoms with Gasteiger partial charge in [0.05, 0.1) is 0 Å². The Morgan fingerprint density at radius 1 is 1.42 bits per heavy atom. The van der Waals surface area contributed by atoms with Gasteiger partial charge in [-0.15, -0.1) is 11.8 Å². The van der Waals surface area contributed by atoms with Crippen molar-refractivity contribution in [1.82, 2.24) is 0 Å². The largest absolute Gasteiger partial charge is 0.303 e. The third kappa shape index (κ3) is 2.91. The van der Waals surface area contributed by atoms with Crippen LogP contribution in [-0.4, -0.2) is 23.0 Å². The second-order valence-electron chi connectivity index (χ2n) is 4.40. The van der Waals surface area contributed by atoms with Gasteiger partial charge in [-0.1, -0.05) is 0 Å². The number of benzene rings is 1. The molecule has 1 aromatic carbocycles. The maximum absolute atomic E-state index is 13.7. The Hall–Kier alpha value is -1.50. The quantitative estimate of drug-likeness (QED) is 0.487. The van der Waals surface area contributed by atoms with Crippen LogP contribution in [0.3, 0.4) is 0 Å². The molecule has 0 amide bonds. The first-order chi connectivity index (χ1) is 9.02. The van der Waals surface area contributed by atoms with Crippen LogP contribution in [0.2, 0.25) is 0 Å². The molecule has 1 fully saturated rings. The summed E-state index contributed by atoms with van der Waals surface area (Å²) in [5.74, 6) is -1.31. The summed E-state index contributed by atoms with van der Waals surface area (Å²) in [7, 11) is 0. The number of hydrogen-bond acceptors (Lipinski definition) is 4. The van der Waals surface area contributed by atoms with Crippen LogP contribution in [0, 0.1) is 27.7 Å². The van der Waals surface area contributed by atoms with Crippen molar-refractivity contribution in [3.05, 3.63) is 45.5 Å². The molecule has 1 aromatic rings. The first-order valence-corrected chi connectivity index (χ1v) is 6.73. The van der Waals surface area contributed by atoms with E-state index in [1.807, 2.05) is 0 Å². The molecule has 1 aliphatic heterocycles. The van der Waals surface area contributed by atoms with Gasteiger partial charge in [0.2, 0.25) is 6.04 Å². The third-order valence-corrected chi connectivity index (χ3v) is 4.66. The van der Waals surface area contributed by atoms with Crippen LogP contribution in [-0.2, 0) is 4.79 Å². The van der Waals surface area contributed by atoms with Crippen LogP contribution < -0.4 is 0 Å². The standard InChI is InChI=1S/C12H11F2NO3S/c13-8-1-2-10(14)9(4-8)12-11(15(17)18)3-7(5-16)6-19-12/h1-2,4-5,7,11-12H,3,6H2/t7?,11-,12+/m0/s1. The fourth-order valence-electron chi connectivity index (χ4n) is 2.16. The van der Waals surface area contributed by atoms with Gasteiger partial charge in [0, 0.05) is 28.6 Å². The van der Waals surface area contributed by atoms with E-state index in [1.54, 1.807) is 0 Å². The van der Waals surface area contributed by atoms with Gasteiger partial charge in [0.25, 0.3) is 0 Å². The number of aldehydes is 1. The van der Waals surface area contributed by atoms with E-state index in [0.29, 0.717) is 12.0 Å². The molecule has 1 saturated heterocycles. The summed E-state index contributed by atoms with van der Waals surface area (Å²) in [5.41, 5.74) is -0.00366. The number of hydrogen-bond donors (Lipinski definition) is 0. The lowest BCUT2D eigenvalue weighted by Gasteiger charge is -2.28. The predicted octanol–water partition coefficient (Wildman–Crippen LogP) is 2.60. The van der Waals surface area contributed by atoms with Crippen molar-refractivity contribution in [3.8, 4) is 0 Å². The number of halogens is 2. The Balaban J connectivity index is 2.34. The average molecular weight is 287 g/mol. The van der Waals surface area contributed by atoms with Crippen molar-refractivity contribution < 1.29 is 18.5 Å². The van der Waals surface area contributed by atoms with E-state index in [9.17, 15) is 23.7 Å². The van der Waals surface area contributed by atoms with E-state index in [-0.39, 0.29) is 12.0 Å². The SMILES string of the molecule is O=CC1CS[C@H](c2cc(F)ccc2F)[C@@H]([N+](=O)[O-])C1. The lowest BCUT2D eigenvalue weighted by molar-refractivity contribution is -0.525. The zero-order valence-corrected chi connectivity index (χ0v) is 10.6. The van der Waals surface area contributed by atoms with Crippen molar-refractivity contribution in [2.75, 3.05) is 5.75 Å². The summed E-state index contributed by atoms with van der Waals surface area (Å²) in [6.07, 6.45) is 0.742. The average Bonchev–Trinajstić information content (AvgIpc) is 2.40. The Labute approximate surface area is 112 Å². The Kier molecular flexibility index (Phi) is 4.14. The molecule has 3 atom stereocenters. The normalized spacial score (nSPS) is 26.9. The highest BCUT2D eigenvalue weighted by Gasteiger charge is 2.41. The maximum Gasteiger partial charge on any atom is 0.229 e. The number of carbonyl (C=O) groups excluding carboxylic acids is 1. The van der Waals surface area contributed by atoms with Gasteiger partial charge in [-0.2, -0.15) is 0 Å². The van der Waals surface area contributed by atoms with Crippen molar-refractivity contribution in [2.24, 2.45) is 5.92 Å². The molecular weight excluding hydrogens is 276 g/mol. The van der Waals surface area contributed by atoms with Gasteiger partial charge < -0.3 is 4.79 Å². The molecule has 0 N–H and O–H groups in total. The minimum absolute atomic E-state index is 0.00366. The maximum atomic E-state index is 13.7. The molecule has 19 heavy (non-hydrogen) atoms. The van der Waals surface area contributed by atoms with Crippen LogP contribution in [0.4, 0.5) is 8.78 Å². The van der Waals surface area contributed by atoms with Crippen LogP contribution in [0.5, 0.6) is 0 Å². The minimum atomic E-state index is -1.08. The summed E-state index contributed by atoms with van der Waals surface area (Å²) in [6.45, 7) is 0. The molecule has 1 heterocycles. The summed E-state index contributed by atoms with van der Waals surface area (Å²) < 4.78 is 26.9. The van der Waals surface area contributed by atoms with Crippen molar-refractivity contribution >= 4 is 18.0 Å². The predicted molar refractivity (Wildman–Crippen MR) is 66.5 cm³/mol. The van der Waals surface area contributed by atoms with Crippen molar-refractivity contribution in [3.63, 3.8) is 0 Å². The van der Waals surface area contributed by atoms with E-state index in [4.69, 9.17) is 0 Å². The third-order valence-electron chi connectivity index (χ3n) is 3.11. The van der Waals surface area contributed by atoms with Crippen molar-refractivity contribution in [1.29, 1.82) is 0 Å². The highest BCUT2D eigenvalue weighted by molar-refractivity contribution is 7.99. The lowest BCUT2D eigenvalue weighted by atomic mass is 9.95. The second-order valence-corrected chi connectivity index (χ2v) is 5.58.